The van der Waals surface area contributed by atoms with Crippen molar-refractivity contribution < 1.29 is 14.9 Å². The Labute approximate surface area is 122 Å². The van der Waals surface area contributed by atoms with Gasteiger partial charge in [0, 0.05) is 0 Å². The average Bonchev–Trinajstić information content (AvgIpc) is 2.47. The predicted octanol–water partition coefficient (Wildman–Crippen LogP) is 5.03. The zero-order valence-electron chi connectivity index (χ0n) is 9.20. The number of halogens is 2. The summed E-state index contributed by atoms with van der Waals surface area (Å²) in [7, 11) is 0. The van der Waals surface area contributed by atoms with Crippen molar-refractivity contribution in [3.63, 3.8) is 0 Å². The molecule has 0 saturated carbocycles. The quantitative estimate of drug-likeness (QED) is 0.436. The van der Waals surface area contributed by atoms with Gasteiger partial charge in [-0.1, -0.05) is 29.3 Å². The van der Waals surface area contributed by atoms with Crippen LogP contribution in [0.25, 0.3) is 6.08 Å². The summed E-state index contributed by atoms with van der Waals surface area (Å²) in [6, 6.07) is 4.56. The van der Waals surface area contributed by atoms with E-state index in [1.165, 1.54) is 27.8 Å². The first kappa shape index (κ1) is 14.4. The Morgan fingerprint density at radius 3 is 2.33 bits per heavy atom. The first-order valence-corrected chi connectivity index (χ1v) is 19.4. The second-order valence-electron chi connectivity index (χ2n) is 3.89. The molecule has 0 atom stereocenters. The van der Waals surface area contributed by atoms with Crippen LogP contribution in [0.3, 0.4) is 0 Å². The molecule has 1 aromatic rings. The van der Waals surface area contributed by atoms with Crippen LogP contribution >= 0.6 is 36.1 Å². The summed E-state index contributed by atoms with van der Waals surface area (Å²) < 4.78 is 0. The maximum atomic E-state index is 2.45. The van der Waals surface area contributed by atoms with Crippen LogP contribution < -0.4 is 0 Å². The maximum absolute atomic E-state index is 2.45. The molecule has 0 heterocycles. The molecule has 0 fully saturated rings. The fourth-order valence-corrected chi connectivity index (χ4v) is 2.02. The van der Waals surface area contributed by atoms with Crippen LogP contribution in [-0.4, -0.2) is 0 Å². The van der Waals surface area contributed by atoms with E-state index in [-0.39, 0.29) is 14.9 Å². The van der Waals surface area contributed by atoms with Crippen LogP contribution in [0.15, 0.2) is 17.7 Å². The average molecular weight is 503 g/mol. The number of allylic oxidation sites excluding steroid dienone is 1. The topological polar surface area (TPSA) is 0 Å². The molecule has 0 unspecified atom stereocenters. The van der Waals surface area contributed by atoms with Gasteiger partial charge in [0.15, 0.2) is 0 Å². The molecule has 15 heavy (non-hydrogen) atoms. The Morgan fingerprint density at radius 2 is 1.73 bits per heavy atom. The van der Waals surface area contributed by atoms with Gasteiger partial charge in [0.05, 0.1) is 0 Å². The Bertz CT molecular complexity index is 383. The SMILES string of the molecule is CC1=Cc2c(C)cc(C)cc2C1.[I][Zr][I]. The van der Waals surface area contributed by atoms with E-state index in [9.17, 15) is 0 Å². The molecule has 0 radical (unpaired) electrons. The van der Waals surface area contributed by atoms with E-state index in [4.69, 9.17) is 0 Å². The van der Waals surface area contributed by atoms with Crippen LogP contribution in [0, 0.1) is 13.8 Å². The zero-order valence-corrected chi connectivity index (χ0v) is 16.0. The zero-order chi connectivity index (χ0) is 11.4. The van der Waals surface area contributed by atoms with Crippen molar-refractivity contribution in [3.8, 4) is 0 Å². The molecule has 0 nitrogen and oxygen atoms in total. The molecule has 1 aliphatic carbocycles. The molecule has 0 amide bonds. The first-order valence-electron chi connectivity index (χ1n) is 4.82. The number of fused-ring (bicyclic) bond motifs is 1. The number of hydrogen-bond donors (Lipinski definition) is 0. The molecule has 0 aromatic heterocycles. The van der Waals surface area contributed by atoms with Gasteiger partial charge >= 0.3 is 50.9 Å². The fraction of sp³-hybridized carbons (Fsp3) is 0.333. The van der Waals surface area contributed by atoms with Crippen molar-refractivity contribution >= 4 is 42.2 Å². The summed E-state index contributed by atoms with van der Waals surface area (Å²) in [5, 5.41) is 0. The molecular weight excluding hydrogens is 489 g/mol. The number of hydrogen-bond acceptors (Lipinski definition) is 0. The first-order chi connectivity index (χ1) is 7.08. The van der Waals surface area contributed by atoms with Gasteiger partial charge < -0.3 is 0 Å². The van der Waals surface area contributed by atoms with Crippen LogP contribution in [0.4, 0.5) is 0 Å². The van der Waals surface area contributed by atoms with Gasteiger partial charge in [-0.25, -0.2) is 0 Å². The molecule has 3 heteroatoms. The monoisotopic (exact) mass is 502 g/mol. The van der Waals surface area contributed by atoms with Crippen LogP contribution in [0.5, 0.6) is 0 Å². The van der Waals surface area contributed by atoms with E-state index in [2.05, 4.69) is 75.1 Å². The Kier molecular flexibility index (Phi) is 6.61. The minimum atomic E-state index is 0.170. The van der Waals surface area contributed by atoms with Gasteiger partial charge in [-0.05, 0) is 43.9 Å². The van der Waals surface area contributed by atoms with E-state index in [1.807, 2.05) is 0 Å². The van der Waals surface area contributed by atoms with Gasteiger partial charge in [-0.15, -0.1) is 0 Å². The summed E-state index contributed by atoms with van der Waals surface area (Å²) in [5.74, 6) is 0. The van der Waals surface area contributed by atoms with Crippen molar-refractivity contribution in [2.75, 3.05) is 0 Å². The summed E-state index contributed by atoms with van der Waals surface area (Å²) in [4.78, 5) is 0. The van der Waals surface area contributed by atoms with Crippen LogP contribution in [0.2, 0.25) is 0 Å². The number of rotatable bonds is 0. The normalized spacial score (nSPS) is 12.5. The third kappa shape index (κ3) is 4.23. The molecule has 0 N–H and O–H groups in total. The van der Waals surface area contributed by atoms with Crippen molar-refractivity contribution in [1.82, 2.24) is 0 Å². The molecular formula is C12H14I2Zr. The fourth-order valence-electron chi connectivity index (χ4n) is 2.02. The molecule has 1 aliphatic rings. The molecule has 0 bridgehead atoms. The minimum absolute atomic E-state index is 0.170. The van der Waals surface area contributed by atoms with E-state index in [1.54, 1.807) is 0 Å². The van der Waals surface area contributed by atoms with Crippen molar-refractivity contribution in [1.29, 1.82) is 0 Å². The standard InChI is InChI=1S/C12H14.2HI.Zr/c1-8-4-10(3)12-7-9(2)6-11(12)5-8;;;/h4-5,7H,6H2,1-3H3;2*1H;/q;;;+2/p-2. The van der Waals surface area contributed by atoms with Crippen molar-refractivity contribution in [3.05, 3.63) is 40.0 Å². The van der Waals surface area contributed by atoms with Gasteiger partial charge in [0.1, 0.15) is 0 Å². The van der Waals surface area contributed by atoms with Crippen LogP contribution in [0.1, 0.15) is 29.2 Å². The van der Waals surface area contributed by atoms with E-state index >= 15 is 0 Å². The molecule has 2 rings (SSSR count). The third-order valence-corrected chi connectivity index (χ3v) is 2.48. The Balaban J connectivity index is 0.000000337. The summed E-state index contributed by atoms with van der Waals surface area (Å²) in [6.07, 6.45) is 3.46. The van der Waals surface area contributed by atoms with Crippen molar-refractivity contribution in [2.24, 2.45) is 0 Å². The molecule has 1 aromatic carbocycles. The number of aryl methyl sites for hydroxylation is 2. The Hall–Kier alpha value is 1.30. The van der Waals surface area contributed by atoms with Gasteiger partial charge in [-0.3, -0.25) is 0 Å². The summed E-state index contributed by atoms with van der Waals surface area (Å²) in [5.41, 5.74) is 7.25. The second-order valence-corrected chi connectivity index (χ2v) is 22.8. The second kappa shape index (κ2) is 6.90. The molecule has 0 aliphatic heterocycles. The van der Waals surface area contributed by atoms with Crippen molar-refractivity contribution in [2.45, 2.75) is 27.2 Å². The van der Waals surface area contributed by atoms with Gasteiger partial charge in [0.2, 0.25) is 0 Å². The van der Waals surface area contributed by atoms with E-state index < -0.39 is 0 Å². The third-order valence-electron chi connectivity index (χ3n) is 2.48. The molecule has 0 spiro atoms. The summed E-state index contributed by atoms with van der Waals surface area (Å²) >= 11 is 5.06. The van der Waals surface area contributed by atoms with Crippen LogP contribution in [-0.2, 0) is 21.3 Å². The Morgan fingerprint density at radius 1 is 1.13 bits per heavy atom. The van der Waals surface area contributed by atoms with Gasteiger partial charge in [0.25, 0.3) is 0 Å². The van der Waals surface area contributed by atoms with E-state index in [0.717, 1.165) is 6.42 Å². The van der Waals surface area contributed by atoms with Gasteiger partial charge in [-0.2, -0.15) is 0 Å². The number of benzene rings is 1. The molecule has 80 valence electrons. The predicted molar refractivity (Wildman–Crippen MR) is 81.3 cm³/mol. The summed E-state index contributed by atoms with van der Waals surface area (Å²) in [6.45, 7) is 6.57. The van der Waals surface area contributed by atoms with E-state index in [0.29, 0.717) is 0 Å². The molecule has 0 saturated heterocycles.